The Morgan fingerprint density at radius 1 is 1.00 bits per heavy atom. The fourth-order valence-electron chi connectivity index (χ4n) is 4.85. The number of carbonyl (C=O) groups is 1. The summed E-state index contributed by atoms with van der Waals surface area (Å²) >= 11 is 14.2. The van der Waals surface area contributed by atoms with E-state index in [1.165, 1.54) is 11.3 Å². The Bertz CT molecular complexity index is 1890. The Balaban J connectivity index is 1.59. The van der Waals surface area contributed by atoms with Crippen LogP contribution in [0.5, 0.6) is 11.5 Å². The number of thiazole rings is 1. The number of halogens is 2. The van der Waals surface area contributed by atoms with E-state index in [1.807, 2.05) is 56.3 Å². The summed E-state index contributed by atoms with van der Waals surface area (Å²) in [6.45, 7) is 8.16. The molecule has 1 aliphatic rings. The Morgan fingerprint density at radius 3 is 2.44 bits per heavy atom. The SMILES string of the molecule is CCOC(=O)C1=C(C)N=c2s/c(=C/c3cc(Cl)c(OCc4ccccc4Cl)c(OCC)c3)c(=O)n2[C@H]1c1ccc(C)cc1. The molecule has 0 aliphatic carbocycles. The molecule has 3 aromatic carbocycles. The van der Waals surface area contributed by atoms with E-state index in [4.69, 9.17) is 37.4 Å². The first-order valence-electron chi connectivity index (χ1n) is 13.8. The zero-order chi connectivity index (χ0) is 30.7. The van der Waals surface area contributed by atoms with Gasteiger partial charge in [0.1, 0.15) is 6.61 Å². The largest absolute Gasteiger partial charge is 0.490 e. The molecule has 0 saturated heterocycles. The monoisotopic (exact) mass is 636 g/mol. The number of rotatable bonds is 9. The second-order valence-corrected chi connectivity index (χ2v) is 11.7. The van der Waals surface area contributed by atoms with E-state index in [0.717, 1.165) is 16.7 Å². The molecule has 0 fully saturated rings. The molecule has 10 heteroatoms. The number of aryl methyl sites for hydroxylation is 1. The van der Waals surface area contributed by atoms with Crippen molar-refractivity contribution in [3.8, 4) is 11.5 Å². The van der Waals surface area contributed by atoms with Crippen molar-refractivity contribution in [2.75, 3.05) is 13.2 Å². The Labute approximate surface area is 263 Å². The highest BCUT2D eigenvalue weighted by atomic mass is 35.5. The van der Waals surface area contributed by atoms with Crippen LogP contribution in [0.3, 0.4) is 0 Å². The predicted octanol–water partition coefficient (Wildman–Crippen LogP) is 6.39. The lowest BCUT2D eigenvalue weighted by molar-refractivity contribution is -0.139. The third-order valence-corrected chi connectivity index (χ3v) is 8.50. The Kier molecular flexibility index (Phi) is 9.40. The van der Waals surface area contributed by atoms with Crippen LogP contribution in [-0.2, 0) is 16.1 Å². The van der Waals surface area contributed by atoms with Crippen molar-refractivity contribution in [2.24, 2.45) is 4.99 Å². The molecule has 0 spiro atoms. The van der Waals surface area contributed by atoms with Crippen molar-refractivity contribution < 1.29 is 19.0 Å². The molecule has 5 rings (SSSR count). The van der Waals surface area contributed by atoms with E-state index in [1.54, 1.807) is 42.7 Å². The zero-order valence-corrected chi connectivity index (χ0v) is 26.5. The minimum atomic E-state index is -0.679. The molecule has 0 saturated carbocycles. The maximum atomic E-state index is 14.0. The summed E-state index contributed by atoms with van der Waals surface area (Å²) in [5.41, 5.74) is 3.89. The van der Waals surface area contributed by atoms with Gasteiger partial charge in [-0.15, -0.1) is 0 Å². The molecule has 7 nitrogen and oxygen atoms in total. The van der Waals surface area contributed by atoms with Gasteiger partial charge in [-0.05, 0) is 63.1 Å². The minimum Gasteiger partial charge on any atom is -0.490 e. The molecule has 2 heterocycles. The third-order valence-electron chi connectivity index (χ3n) is 6.87. The average Bonchev–Trinajstić information content (AvgIpc) is 3.27. The molecule has 0 N–H and O–H groups in total. The predicted molar refractivity (Wildman–Crippen MR) is 170 cm³/mol. The van der Waals surface area contributed by atoms with Crippen LogP contribution in [0.25, 0.3) is 6.08 Å². The maximum absolute atomic E-state index is 14.0. The summed E-state index contributed by atoms with van der Waals surface area (Å²) in [6.07, 6.45) is 1.74. The second-order valence-electron chi connectivity index (χ2n) is 9.86. The quantitative estimate of drug-likeness (QED) is 0.199. The standard InChI is InChI=1S/C33H30Cl2N2O5S/c1-5-40-26-16-21(15-25(35)30(26)42-18-23-9-7-8-10-24(23)34)17-27-31(38)37-29(22-13-11-19(3)12-14-22)28(32(39)41-6-2)20(4)36-33(37)43-27/h7-17,29H,5-6,18H2,1-4H3/b27-17+/t29-/m0/s1. The van der Waals surface area contributed by atoms with E-state index in [-0.39, 0.29) is 18.8 Å². The first-order valence-corrected chi connectivity index (χ1v) is 15.4. The van der Waals surface area contributed by atoms with Crippen LogP contribution >= 0.6 is 34.5 Å². The number of hydrogen-bond acceptors (Lipinski definition) is 7. The number of hydrogen-bond donors (Lipinski definition) is 0. The Morgan fingerprint density at radius 2 is 1.74 bits per heavy atom. The van der Waals surface area contributed by atoms with Gasteiger partial charge in [0, 0.05) is 10.6 Å². The lowest BCUT2D eigenvalue weighted by Crippen LogP contribution is -2.39. The molecule has 0 radical (unpaired) electrons. The fourth-order valence-corrected chi connectivity index (χ4v) is 6.36. The van der Waals surface area contributed by atoms with E-state index in [0.29, 0.717) is 54.3 Å². The molecule has 222 valence electrons. The highest BCUT2D eigenvalue weighted by Crippen LogP contribution is 2.38. The summed E-state index contributed by atoms with van der Waals surface area (Å²) in [5.74, 6) is 0.333. The normalized spacial score (nSPS) is 14.7. The van der Waals surface area contributed by atoms with Crippen LogP contribution < -0.4 is 24.4 Å². The molecule has 0 bridgehead atoms. The van der Waals surface area contributed by atoms with Gasteiger partial charge in [-0.3, -0.25) is 9.36 Å². The van der Waals surface area contributed by atoms with Crippen LogP contribution in [0, 0.1) is 6.92 Å². The van der Waals surface area contributed by atoms with E-state index < -0.39 is 12.0 Å². The van der Waals surface area contributed by atoms with Crippen LogP contribution in [0.15, 0.2) is 81.7 Å². The maximum Gasteiger partial charge on any atom is 0.338 e. The van der Waals surface area contributed by atoms with E-state index in [2.05, 4.69) is 4.99 Å². The Hall–Kier alpha value is -3.85. The van der Waals surface area contributed by atoms with Crippen molar-refractivity contribution in [1.82, 2.24) is 4.57 Å². The van der Waals surface area contributed by atoms with Gasteiger partial charge in [-0.1, -0.05) is 82.6 Å². The molecular formula is C33H30Cl2N2O5S. The van der Waals surface area contributed by atoms with Crippen molar-refractivity contribution in [3.05, 3.63) is 124 Å². The number of nitrogens with zero attached hydrogens (tertiary/aromatic N) is 2. The molecule has 1 aliphatic heterocycles. The number of allylic oxidation sites excluding steroid dienone is 1. The summed E-state index contributed by atoms with van der Waals surface area (Å²) in [7, 11) is 0. The van der Waals surface area contributed by atoms with E-state index >= 15 is 0 Å². The average molecular weight is 638 g/mol. The van der Waals surface area contributed by atoms with Crippen LogP contribution in [-0.4, -0.2) is 23.8 Å². The second kappa shape index (κ2) is 13.2. The highest BCUT2D eigenvalue weighted by Gasteiger charge is 2.33. The van der Waals surface area contributed by atoms with Crippen molar-refractivity contribution >= 4 is 46.6 Å². The van der Waals surface area contributed by atoms with E-state index in [9.17, 15) is 9.59 Å². The van der Waals surface area contributed by atoms with Crippen molar-refractivity contribution in [3.63, 3.8) is 0 Å². The highest BCUT2D eigenvalue weighted by molar-refractivity contribution is 7.07. The molecule has 1 aromatic heterocycles. The van der Waals surface area contributed by atoms with Gasteiger partial charge >= 0.3 is 5.97 Å². The number of fused-ring (bicyclic) bond motifs is 1. The number of esters is 1. The molecule has 0 amide bonds. The molecular weight excluding hydrogens is 607 g/mol. The van der Waals surface area contributed by atoms with Crippen LogP contribution in [0.1, 0.15) is 49.1 Å². The third kappa shape index (κ3) is 6.42. The summed E-state index contributed by atoms with van der Waals surface area (Å²) in [6, 6.07) is 18.0. The summed E-state index contributed by atoms with van der Waals surface area (Å²) in [4.78, 5) is 32.2. The number of ether oxygens (including phenoxy) is 3. The van der Waals surface area contributed by atoms with Gasteiger partial charge in [0.2, 0.25) is 0 Å². The van der Waals surface area contributed by atoms with Gasteiger partial charge in [0.15, 0.2) is 16.3 Å². The number of carbonyl (C=O) groups excluding carboxylic acids is 1. The summed E-state index contributed by atoms with van der Waals surface area (Å²) < 4.78 is 19.3. The lowest BCUT2D eigenvalue weighted by atomic mass is 9.95. The van der Waals surface area contributed by atoms with Crippen LogP contribution in [0.4, 0.5) is 0 Å². The van der Waals surface area contributed by atoms with Gasteiger partial charge in [0.25, 0.3) is 5.56 Å². The first kappa shape index (κ1) is 30.6. The minimum absolute atomic E-state index is 0.207. The first-order chi connectivity index (χ1) is 20.7. The lowest BCUT2D eigenvalue weighted by Gasteiger charge is -2.24. The van der Waals surface area contributed by atoms with Crippen molar-refractivity contribution in [1.29, 1.82) is 0 Å². The number of aromatic nitrogens is 1. The van der Waals surface area contributed by atoms with Gasteiger partial charge in [0.05, 0.1) is 40.1 Å². The van der Waals surface area contributed by atoms with Gasteiger partial charge < -0.3 is 14.2 Å². The number of benzene rings is 3. The molecule has 0 unspecified atom stereocenters. The van der Waals surface area contributed by atoms with Gasteiger partial charge in [-0.2, -0.15) is 0 Å². The van der Waals surface area contributed by atoms with Crippen molar-refractivity contribution in [2.45, 2.75) is 40.3 Å². The molecule has 43 heavy (non-hydrogen) atoms. The smallest absolute Gasteiger partial charge is 0.338 e. The van der Waals surface area contributed by atoms with Gasteiger partial charge in [-0.25, -0.2) is 9.79 Å². The molecule has 4 aromatic rings. The fraction of sp³-hybridized carbons (Fsp3) is 0.242. The zero-order valence-electron chi connectivity index (χ0n) is 24.1. The topological polar surface area (TPSA) is 79.1 Å². The summed E-state index contributed by atoms with van der Waals surface area (Å²) in [5, 5.41) is 0.920. The van der Waals surface area contributed by atoms with Crippen LogP contribution in [0.2, 0.25) is 10.0 Å². The molecule has 1 atom stereocenters.